The Morgan fingerprint density at radius 3 is 2.75 bits per heavy atom. The molecule has 1 aromatic rings. The lowest BCUT2D eigenvalue weighted by molar-refractivity contribution is 0.754. The molecule has 16 heavy (non-hydrogen) atoms. The second-order valence-corrected chi connectivity index (χ2v) is 5.14. The van der Waals surface area contributed by atoms with Gasteiger partial charge in [0, 0.05) is 0 Å². The van der Waals surface area contributed by atoms with E-state index >= 15 is 0 Å². The summed E-state index contributed by atoms with van der Waals surface area (Å²) in [7, 11) is 0. The highest BCUT2D eigenvalue weighted by molar-refractivity contribution is 5.67. The molecule has 2 rings (SSSR count). The van der Waals surface area contributed by atoms with E-state index in [-0.39, 0.29) is 0 Å². The zero-order chi connectivity index (χ0) is 11.5. The molecule has 0 heterocycles. The molecular weight excluding hydrogens is 192 g/mol. The van der Waals surface area contributed by atoms with Crippen LogP contribution in [-0.4, -0.2) is 0 Å². The molecule has 0 saturated carbocycles. The fraction of sp³-hybridized carbons (Fsp3) is 0.500. The van der Waals surface area contributed by atoms with Gasteiger partial charge in [-0.2, -0.15) is 0 Å². The molecule has 1 aromatic carbocycles. The third kappa shape index (κ3) is 2.21. The third-order valence-corrected chi connectivity index (χ3v) is 3.55. The first-order valence-corrected chi connectivity index (χ1v) is 6.53. The summed E-state index contributed by atoms with van der Waals surface area (Å²) in [6.07, 6.45) is 7.44. The summed E-state index contributed by atoms with van der Waals surface area (Å²) in [5, 5.41) is 0. The summed E-state index contributed by atoms with van der Waals surface area (Å²) >= 11 is 0. The van der Waals surface area contributed by atoms with Crippen molar-refractivity contribution in [1.29, 1.82) is 0 Å². The number of allylic oxidation sites excluding steroid dienone is 1. The summed E-state index contributed by atoms with van der Waals surface area (Å²) in [4.78, 5) is 0. The van der Waals surface area contributed by atoms with Crippen molar-refractivity contribution in [2.24, 2.45) is 5.92 Å². The van der Waals surface area contributed by atoms with E-state index in [0.29, 0.717) is 5.92 Å². The number of fused-ring (bicyclic) bond motifs is 1. The van der Waals surface area contributed by atoms with E-state index in [1.807, 2.05) is 0 Å². The monoisotopic (exact) mass is 214 g/mol. The zero-order valence-electron chi connectivity index (χ0n) is 10.7. The minimum atomic E-state index is 0.687. The molecule has 0 nitrogen and oxygen atoms in total. The Bertz CT molecular complexity index is 396. The van der Waals surface area contributed by atoms with E-state index in [1.165, 1.54) is 36.8 Å². The van der Waals surface area contributed by atoms with Gasteiger partial charge in [0.25, 0.3) is 0 Å². The van der Waals surface area contributed by atoms with Crippen molar-refractivity contribution in [3.05, 3.63) is 40.5 Å². The largest absolute Gasteiger partial charge is 0.0654 e. The molecule has 0 radical (unpaired) electrons. The van der Waals surface area contributed by atoms with Crippen LogP contribution in [0.5, 0.6) is 0 Å². The fourth-order valence-corrected chi connectivity index (χ4v) is 2.42. The van der Waals surface area contributed by atoms with Crippen LogP contribution in [0, 0.1) is 5.92 Å². The first kappa shape index (κ1) is 11.4. The van der Waals surface area contributed by atoms with Crippen molar-refractivity contribution < 1.29 is 0 Å². The van der Waals surface area contributed by atoms with Gasteiger partial charge in [0.1, 0.15) is 0 Å². The van der Waals surface area contributed by atoms with Gasteiger partial charge < -0.3 is 0 Å². The van der Waals surface area contributed by atoms with Crippen LogP contribution in [0.25, 0.3) is 6.08 Å². The predicted octanol–water partition coefficient (Wildman–Crippen LogP) is 4.62. The van der Waals surface area contributed by atoms with Crippen LogP contribution < -0.4 is 0 Å². The topological polar surface area (TPSA) is 0 Å². The van der Waals surface area contributed by atoms with Crippen LogP contribution in [0.2, 0.25) is 0 Å². The smallest absolute Gasteiger partial charge is 0.00552 e. The van der Waals surface area contributed by atoms with Crippen LogP contribution in [0.1, 0.15) is 50.3 Å². The molecule has 0 unspecified atom stereocenters. The maximum atomic E-state index is 2.44. The lowest BCUT2D eigenvalue weighted by atomic mass is 9.99. The molecule has 0 N–H and O–H groups in total. The molecular formula is C16H22. The molecule has 0 heteroatoms. The SMILES string of the molecule is CCCCc1cccc2c1C=C(C(C)C)C2. The van der Waals surface area contributed by atoms with Gasteiger partial charge in [-0.15, -0.1) is 0 Å². The van der Waals surface area contributed by atoms with Gasteiger partial charge in [-0.25, -0.2) is 0 Å². The van der Waals surface area contributed by atoms with Crippen LogP contribution in [0.15, 0.2) is 23.8 Å². The average molecular weight is 214 g/mol. The van der Waals surface area contributed by atoms with E-state index < -0.39 is 0 Å². The predicted molar refractivity (Wildman–Crippen MR) is 71.6 cm³/mol. The summed E-state index contributed by atoms with van der Waals surface area (Å²) in [5.74, 6) is 0.687. The van der Waals surface area contributed by atoms with Gasteiger partial charge in [0.15, 0.2) is 0 Å². The van der Waals surface area contributed by atoms with Gasteiger partial charge in [-0.3, -0.25) is 0 Å². The molecule has 0 spiro atoms. The number of hydrogen-bond acceptors (Lipinski definition) is 0. The lowest BCUT2D eigenvalue weighted by Gasteiger charge is -2.06. The highest BCUT2D eigenvalue weighted by atomic mass is 14.2. The highest BCUT2D eigenvalue weighted by Gasteiger charge is 2.16. The molecule has 1 aliphatic rings. The van der Waals surface area contributed by atoms with Crippen molar-refractivity contribution in [3.63, 3.8) is 0 Å². The van der Waals surface area contributed by atoms with E-state index in [4.69, 9.17) is 0 Å². The molecule has 0 fully saturated rings. The van der Waals surface area contributed by atoms with E-state index in [1.54, 1.807) is 11.1 Å². The molecule has 0 aliphatic heterocycles. The Morgan fingerprint density at radius 2 is 2.06 bits per heavy atom. The quantitative estimate of drug-likeness (QED) is 0.685. The highest BCUT2D eigenvalue weighted by Crippen LogP contribution is 2.32. The van der Waals surface area contributed by atoms with Crippen LogP contribution in [0.3, 0.4) is 0 Å². The Hall–Kier alpha value is -1.04. The normalized spacial score (nSPS) is 14.1. The number of benzene rings is 1. The summed E-state index contributed by atoms with van der Waals surface area (Å²) in [6.45, 7) is 6.85. The Kier molecular flexibility index (Phi) is 3.48. The summed E-state index contributed by atoms with van der Waals surface area (Å²) in [6, 6.07) is 6.81. The van der Waals surface area contributed by atoms with Crippen molar-refractivity contribution >= 4 is 6.08 Å². The van der Waals surface area contributed by atoms with Crippen molar-refractivity contribution in [3.8, 4) is 0 Å². The number of aryl methyl sites for hydroxylation is 1. The molecule has 0 aromatic heterocycles. The second kappa shape index (κ2) is 4.86. The van der Waals surface area contributed by atoms with Gasteiger partial charge in [0.2, 0.25) is 0 Å². The second-order valence-electron chi connectivity index (χ2n) is 5.14. The van der Waals surface area contributed by atoms with Gasteiger partial charge in [0.05, 0.1) is 0 Å². The number of hydrogen-bond donors (Lipinski definition) is 0. The first-order valence-electron chi connectivity index (χ1n) is 6.53. The molecule has 1 aliphatic carbocycles. The van der Waals surface area contributed by atoms with Crippen LogP contribution >= 0.6 is 0 Å². The van der Waals surface area contributed by atoms with E-state index in [9.17, 15) is 0 Å². The van der Waals surface area contributed by atoms with E-state index in [0.717, 1.165) is 0 Å². The van der Waals surface area contributed by atoms with Gasteiger partial charge in [-0.1, -0.05) is 57.0 Å². The fourth-order valence-electron chi connectivity index (χ4n) is 2.42. The minimum Gasteiger partial charge on any atom is -0.0654 e. The Morgan fingerprint density at radius 1 is 1.25 bits per heavy atom. The van der Waals surface area contributed by atoms with Crippen molar-refractivity contribution in [2.75, 3.05) is 0 Å². The molecule has 0 bridgehead atoms. The van der Waals surface area contributed by atoms with E-state index in [2.05, 4.69) is 45.0 Å². The zero-order valence-corrected chi connectivity index (χ0v) is 10.7. The molecule has 0 saturated heterocycles. The maximum Gasteiger partial charge on any atom is -0.00552 e. The summed E-state index contributed by atoms with van der Waals surface area (Å²) < 4.78 is 0. The lowest BCUT2D eigenvalue weighted by Crippen LogP contribution is -1.93. The molecule has 0 atom stereocenters. The third-order valence-electron chi connectivity index (χ3n) is 3.55. The maximum absolute atomic E-state index is 2.44. The minimum absolute atomic E-state index is 0.687. The van der Waals surface area contributed by atoms with Gasteiger partial charge in [-0.05, 0) is 41.9 Å². The number of rotatable bonds is 4. The summed E-state index contributed by atoms with van der Waals surface area (Å²) in [5.41, 5.74) is 6.21. The van der Waals surface area contributed by atoms with Crippen molar-refractivity contribution in [2.45, 2.75) is 46.5 Å². The number of unbranched alkanes of at least 4 members (excludes halogenated alkanes) is 1. The van der Waals surface area contributed by atoms with Crippen molar-refractivity contribution in [1.82, 2.24) is 0 Å². The van der Waals surface area contributed by atoms with Crippen LogP contribution in [-0.2, 0) is 12.8 Å². The molecule has 0 amide bonds. The first-order chi connectivity index (χ1) is 7.72. The Balaban J connectivity index is 2.27. The Labute approximate surface area is 99.4 Å². The van der Waals surface area contributed by atoms with Crippen LogP contribution in [0.4, 0.5) is 0 Å². The van der Waals surface area contributed by atoms with Gasteiger partial charge >= 0.3 is 0 Å². The molecule has 86 valence electrons. The standard InChI is InChI=1S/C16H22/c1-4-5-7-13-8-6-9-14-10-15(12(2)3)11-16(13)14/h6,8-9,11-12H,4-5,7,10H2,1-3H3. The average Bonchev–Trinajstić information content (AvgIpc) is 2.70.